The number of nitrogens with one attached hydrogen (secondary N) is 1. The summed E-state index contributed by atoms with van der Waals surface area (Å²) in [5.41, 5.74) is 4.72. The van der Waals surface area contributed by atoms with Crippen LogP contribution >= 0.6 is 11.6 Å². The number of hydrogen-bond donors (Lipinski definition) is 1. The number of rotatable bonds is 4. The molecule has 0 aromatic heterocycles. The van der Waals surface area contributed by atoms with Crippen molar-refractivity contribution in [2.24, 2.45) is 17.8 Å². The lowest BCUT2D eigenvalue weighted by atomic mass is 9.96. The first kappa shape index (κ1) is 22.7. The lowest BCUT2D eigenvalue weighted by molar-refractivity contribution is -0.136. The standard InChI is InChI=1S/C28H28ClN3O2/c1-17-21(9-18-5-7-32(8-6-18)28(34)24-12-22-11-23(22)13-24)14-25(29)15-26(17)31-27(33)20-4-2-3-19(10-20)16-30/h2-4,9-10,14-15,22-24H,5-8,11-13H2,1H3,(H,31,33). The van der Waals surface area contributed by atoms with Gasteiger partial charge in [0, 0.05) is 35.3 Å². The van der Waals surface area contributed by atoms with Gasteiger partial charge in [-0.15, -0.1) is 0 Å². The quantitative estimate of drug-likeness (QED) is 0.607. The number of hydrogen-bond acceptors (Lipinski definition) is 3. The number of carbonyl (C=O) groups excluding carboxylic acids is 2. The van der Waals surface area contributed by atoms with Crippen molar-refractivity contribution in [2.75, 3.05) is 18.4 Å². The molecule has 2 aromatic rings. The van der Waals surface area contributed by atoms with Crippen molar-refractivity contribution in [1.29, 1.82) is 5.26 Å². The van der Waals surface area contributed by atoms with E-state index in [4.69, 9.17) is 16.9 Å². The van der Waals surface area contributed by atoms with Gasteiger partial charge in [0.05, 0.1) is 11.6 Å². The van der Waals surface area contributed by atoms with Crippen LogP contribution in [0, 0.1) is 36.0 Å². The summed E-state index contributed by atoms with van der Waals surface area (Å²) in [6.45, 7) is 3.51. The van der Waals surface area contributed by atoms with Gasteiger partial charge in [0.2, 0.25) is 5.91 Å². The molecule has 5 nitrogen and oxygen atoms in total. The summed E-state index contributed by atoms with van der Waals surface area (Å²) in [5.74, 6) is 1.98. The number of nitrogens with zero attached hydrogens (tertiary/aromatic N) is 2. The van der Waals surface area contributed by atoms with Crippen molar-refractivity contribution in [1.82, 2.24) is 4.90 Å². The highest BCUT2D eigenvalue weighted by atomic mass is 35.5. The first-order valence-corrected chi connectivity index (χ1v) is 12.4. The number of halogens is 1. The molecule has 2 aromatic carbocycles. The molecule has 2 amide bonds. The number of piperidine rings is 1. The molecule has 1 saturated heterocycles. The van der Waals surface area contributed by atoms with Crippen molar-refractivity contribution in [3.05, 3.63) is 69.2 Å². The molecule has 0 bridgehead atoms. The Morgan fingerprint density at radius 1 is 1.12 bits per heavy atom. The van der Waals surface area contributed by atoms with Crippen LogP contribution in [0.4, 0.5) is 5.69 Å². The summed E-state index contributed by atoms with van der Waals surface area (Å²) in [6.07, 6.45) is 7.41. The largest absolute Gasteiger partial charge is 0.342 e. The van der Waals surface area contributed by atoms with Gasteiger partial charge in [0.15, 0.2) is 0 Å². The van der Waals surface area contributed by atoms with E-state index < -0.39 is 0 Å². The number of anilines is 1. The zero-order valence-electron chi connectivity index (χ0n) is 19.3. The predicted molar refractivity (Wildman–Crippen MR) is 133 cm³/mol. The van der Waals surface area contributed by atoms with Crippen molar-refractivity contribution >= 4 is 35.2 Å². The van der Waals surface area contributed by atoms with Crippen LogP contribution < -0.4 is 5.32 Å². The second kappa shape index (κ2) is 9.27. The van der Waals surface area contributed by atoms with Crippen LogP contribution in [-0.2, 0) is 4.79 Å². The Morgan fingerprint density at radius 3 is 2.56 bits per heavy atom. The molecule has 1 heterocycles. The summed E-state index contributed by atoms with van der Waals surface area (Å²) in [7, 11) is 0. The Morgan fingerprint density at radius 2 is 1.85 bits per heavy atom. The van der Waals surface area contributed by atoms with Crippen molar-refractivity contribution in [2.45, 2.75) is 39.0 Å². The second-order valence-electron chi connectivity index (χ2n) is 9.87. The van der Waals surface area contributed by atoms with Gasteiger partial charge in [-0.25, -0.2) is 0 Å². The number of carbonyl (C=O) groups is 2. The fourth-order valence-electron chi connectivity index (χ4n) is 5.46. The van der Waals surface area contributed by atoms with Crippen LogP contribution in [0.1, 0.15) is 59.2 Å². The van der Waals surface area contributed by atoms with Crippen LogP contribution in [0.3, 0.4) is 0 Å². The average molecular weight is 474 g/mol. The third kappa shape index (κ3) is 4.74. The van der Waals surface area contributed by atoms with E-state index in [1.165, 1.54) is 12.0 Å². The van der Waals surface area contributed by atoms with Gasteiger partial charge in [-0.3, -0.25) is 9.59 Å². The SMILES string of the molecule is Cc1c(C=C2CCN(C(=O)C3CC4CC4C3)CC2)cc(Cl)cc1NC(=O)c1cccc(C#N)c1. The highest BCUT2D eigenvalue weighted by Crippen LogP contribution is 2.54. The van der Waals surface area contributed by atoms with E-state index >= 15 is 0 Å². The van der Waals surface area contributed by atoms with E-state index in [2.05, 4.69) is 22.4 Å². The average Bonchev–Trinajstić information content (AvgIpc) is 3.46. The summed E-state index contributed by atoms with van der Waals surface area (Å²) < 4.78 is 0. The number of nitriles is 1. The lowest BCUT2D eigenvalue weighted by Crippen LogP contribution is -2.39. The minimum Gasteiger partial charge on any atom is -0.342 e. The van der Waals surface area contributed by atoms with E-state index in [0.717, 1.165) is 61.7 Å². The van der Waals surface area contributed by atoms with Crippen LogP contribution in [0.2, 0.25) is 5.02 Å². The highest BCUT2D eigenvalue weighted by molar-refractivity contribution is 6.31. The Kier molecular flexibility index (Phi) is 6.18. The van der Waals surface area contributed by atoms with E-state index in [1.54, 1.807) is 30.3 Å². The maximum Gasteiger partial charge on any atom is 0.255 e. The molecule has 2 atom stereocenters. The van der Waals surface area contributed by atoms with Crippen molar-refractivity contribution in [3.8, 4) is 6.07 Å². The zero-order chi connectivity index (χ0) is 23.8. The molecule has 0 radical (unpaired) electrons. The minimum atomic E-state index is -0.280. The van der Waals surface area contributed by atoms with Crippen LogP contribution in [-0.4, -0.2) is 29.8 Å². The number of benzene rings is 2. The minimum absolute atomic E-state index is 0.254. The van der Waals surface area contributed by atoms with E-state index in [9.17, 15) is 9.59 Å². The Balaban J connectivity index is 1.26. The monoisotopic (exact) mass is 473 g/mol. The molecular formula is C28H28ClN3O2. The van der Waals surface area contributed by atoms with Gasteiger partial charge < -0.3 is 10.2 Å². The van der Waals surface area contributed by atoms with Crippen LogP contribution in [0.25, 0.3) is 6.08 Å². The predicted octanol–water partition coefficient (Wildman–Crippen LogP) is 5.82. The molecule has 2 saturated carbocycles. The fraction of sp³-hybridized carbons (Fsp3) is 0.393. The lowest BCUT2D eigenvalue weighted by Gasteiger charge is -2.31. The molecule has 3 aliphatic rings. The molecule has 6 heteroatoms. The third-order valence-electron chi connectivity index (χ3n) is 7.58. The molecule has 174 valence electrons. The maximum absolute atomic E-state index is 12.9. The molecule has 1 aliphatic heterocycles. The molecule has 0 spiro atoms. The zero-order valence-corrected chi connectivity index (χ0v) is 20.1. The Hall–Kier alpha value is -3.10. The van der Waals surface area contributed by atoms with Crippen molar-refractivity contribution < 1.29 is 9.59 Å². The highest BCUT2D eigenvalue weighted by Gasteiger charge is 2.48. The first-order chi connectivity index (χ1) is 16.4. The molecule has 2 unspecified atom stereocenters. The summed E-state index contributed by atoms with van der Waals surface area (Å²) in [5, 5.41) is 12.6. The van der Waals surface area contributed by atoms with E-state index in [0.29, 0.717) is 27.7 Å². The third-order valence-corrected chi connectivity index (χ3v) is 7.80. The number of fused-ring (bicyclic) bond motifs is 1. The summed E-state index contributed by atoms with van der Waals surface area (Å²) >= 11 is 6.39. The molecule has 34 heavy (non-hydrogen) atoms. The molecule has 1 N–H and O–H groups in total. The molecule has 5 rings (SSSR count). The normalized spacial score (nSPS) is 23.1. The van der Waals surface area contributed by atoms with Crippen molar-refractivity contribution in [3.63, 3.8) is 0 Å². The van der Waals surface area contributed by atoms with Gasteiger partial charge in [0.1, 0.15) is 0 Å². The number of amides is 2. The molecule has 3 fully saturated rings. The second-order valence-corrected chi connectivity index (χ2v) is 10.3. The van der Waals surface area contributed by atoms with Gasteiger partial charge in [-0.05, 0) is 92.3 Å². The molecular weight excluding hydrogens is 446 g/mol. The first-order valence-electron chi connectivity index (χ1n) is 12.0. The molecule has 2 aliphatic carbocycles. The number of likely N-dealkylation sites (tertiary alicyclic amines) is 1. The van der Waals surface area contributed by atoms with E-state index in [1.807, 2.05) is 13.0 Å². The van der Waals surface area contributed by atoms with Gasteiger partial charge >= 0.3 is 0 Å². The topological polar surface area (TPSA) is 73.2 Å². The fourth-order valence-corrected chi connectivity index (χ4v) is 5.68. The van der Waals surface area contributed by atoms with Gasteiger partial charge in [-0.2, -0.15) is 5.26 Å². The van der Waals surface area contributed by atoms with Crippen LogP contribution in [0.15, 0.2) is 42.0 Å². The van der Waals surface area contributed by atoms with Crippen LogP contribution in [0.5, 0.6) is 0 Å². The van der Waals surface area contributed by atoms with Gasteiger partial charge in [-0.1, -0.05) is 29.3 Å². The Bertz CT molecular complexity index is 1210. The smallest absolute Gasteiger partial charge is 0.255 e. The Labute approximate surface area is 205 Å². The van der Waals surface area contributed by atoms with E-state index in [-0.39, 0.29) is 11.8 Å². The summed E-state index contributed by atoms with van der Waals surface area (Å²) in [6, 6.07) is 12.3. The maximum atomic E-state index is 12.9. The summed E-state index contributed by atoms with van der Waals surface area (Å²) in [4.78, 5) is 27.7. The van der Waals surface area contributed by atoms with Gasteiger partial charge in [0.25, 0.3) is 5.91 Å².